The smallest absolute Gasteiger partial charge is 0.337 e. The third kappa shape index (κ3) is 3.21. The largest absolute Gasteiger partial charge is 0.466 e. The van der Waals surface area contributed by atoms with Gasteiger partial charge in [-0.3, -0.25) is 0 Å². The number of hydrogen-bond acceptors (Lipinski definition) is 3. The summed E-state index contributed by atoms with van der Waals surface area (Å²) < 4.78 is 6.69. The molecule has 0 spiro atoms. The molecule has 106 valence electrons. The Balaban J connectivity index is 2.53. The van der Waals surface area contributed by atoms with Crippen molar-refractivity contribution in [3.8, 4) is 0 Å². The maximum atomic E-state index is 12.0. The minimum atomic E-state index is -0.383. The molecule has 7 heteroatoms. The second-order valence-corrected chi connectivity index (χ2v) is 6.50. The van der Waals surface area contributed by atoms with E-state index in [1.54, 1.807) is 6.92 Å². The Hall–Kier alpha value is -0.920. The van der Waals surface area contributed by atoms with Crippen LogP contribution in [0.5, 0.6) is 0 Å². The number of rotatable bonds is 2. The number of allylic oxidation sites excluding steroid dienone is 1. The molecule has 0 saturated heterocycles. The van der Waals surface area contributed by atoms with Gasteiger partial charge in [-0.2, -0.15) is 0 Å². The lowest BCUT2D eigenvalue weighted by molar-refractivity contribution is -0.136. The zero-order valence-corrected chi connectivity index (χ0v) is 14.8. The molecule has 2 rings (SSSR count). The highest BCUT2D eigenvalue weighted by molar-refractivity contribution is 9.11. The van der Waals surface area contributed by atoms with Crippen LogP contribution in [-0.2, 0) is 9.53 Å². The highest BCUT2D eigenvalue weighted by Crippen LogP contribution is 2.31. The van der Waals surface area contributed by atoms with Gasteiger partial charge in [-0.05, 0) is 42.9 Å². The van der Waals surface area contributed by atoms with Crippen molar-refractivity contribution in [3.63, 3.8) is 0 Å². The molecule has 1 aliphatic rings. The maximum Gasteiger partial charge on any atom is 0.337 e. The molecule has 1 aromatic rings. The molecule has 1 atom stereocenters. The SMILES string of the molecule is COC(=O)C1=C(C)NC(=S)N[C@@H]1c1cc(Br)cc(Br)c1. The molecule has 1 heterocycles. The summed E-state index contributed by atoms with van der Waals surface area (Å²) in [5, 5.41) is 6.53. The van der Waals surface area contributed by atoms with E-state index in [9.17, 15) is 4.79 Å². The van der Waals surface area contributed by atoms with E-state index in [2.05, 4.69) is 42.5 Å². The van der Waals surface area contributed by atoms with Crippen molar-refractivity contribution < 1.29 is 9.53 Å². The summed E-state index contributed by atoms with van der Waals surface area (Å²) in [6.45, 7) is 1.80. The van der Waals surface area contributed by atoms with Gasteiger partial charge in [0.25, 0.3) is 0 Å². The van der Waals surface area contributed by atoms with Gasteiger partial charge in [0.2, 0.25) is 0 Å². The topological polar surface area (TPSA) is 50.4 Å². The van der Waals surface area contributed by atoms with Gasteiger partial charge in [0, 0.05) is 14.6 Å². The minimum Gasteiger partial charge on any atom is -0.466 e. The third-order valence-electron chi connectivity index (χ3n) is 2.89. The summed E-state index contributed by atoms with van der Waals surface area (Å²) in [6, 6.07) is 5.46. The predicted molar refractivity (Wildman–Crippen MR) is 88.2 cm³/mol. The molecule has 0 amide bonds. The highest BCUT2D eigenvalue weighted by atomic mass is 79.9. The van der Waals surface area contributed by atoms with E-state index in [4.69, 9.17) is 17.0 Å². The van der Waals surface area contributed by atoms with Crippen molar-refractivity contribution in [2.45, 2.75) is 13.0 Å². The Kier molecular flexibility index (Phi) is 4.82. The van der Waals surface area contributed by atoms with Crippen LogP contribution in [0.25, 0.3) is 0 Å². The van der Waals surface area contributed by atoms with Gasteiger partial charge in [-0.15, -0.1) is 0 Å². The van der Waals surface area contributed by atoms with Crippen molar-refractivity contribution >= 4 is 55.2 Å². The standard InChI is InChI=1S/C13H12Br2N2O2S/c1-6-10(12(18)19-2)11(17-13(20)16-6)7-3-8(14)5-9(15)4-7/h3-5,11H,1-2H3,(H2,16,17,20)/t11-/m1/s1. The van der Waals surface area contributed by atoms with Crippen LogP contribution in [0.2, 0.25) is 0 Å². The number of esters is 1. The first-order chi connectivity index (χ1) is 9.42. The van der Waals surface area contributed by atoms with Crippen molar-refractivity contribution in [1.29, 1.82) is 0 Å². The fourth-order valence-electron chi connectivity index (χ4n) is 2.07. The second-order valence-electron chi connectivity index (χ2n) is 4.26. The Morgan fingerprint density at radius 2 is 1.90 bits per heavy atom. The second kappa shape index (κ2) is 6.24. The number of thiocarbonyl (C=S) groups is 1. The van der Waals surface area contributed by atoms with Crippen LogP contribution >= 0.6 is 44.1 Å². The zero-order chi connectivity index (χ0) is 14.9. The lowest BCUT2D eigenvalue weighted by Crippen LogP contribution is -2.45. The number of methoxy groups -OCH3 is 1. The third-order valence-corrected chi connectivity index (χ3v) is 4.03. The number of halogens is 2. The Morgan fingerprint density at radius 3 is 2.45 bits per heavy atom. The quantitative estimate of drug-likeness (QED) is 0.569. The fraction of sp³-hybridized carbons (Fsp3) is 0.231. The van der Waals surface area contributed by atoms with Gasteiger partial charge < -0.3 is 15.4 Å². The molecular formula is C13H12Br2N2O2S. The normalized spacial score (nSPS) is 18.4. The average molecular weight is 420 g/mol. The van der Waals surface area contributed by atoms with Crippen molar-refractivity contribution in [2.75, 3.05) is 7.11 Å². The summed E-state index contributed by atoms with van der Waals surface area (Å²) in [5.74, 6) is -0.383. The highest BCUT2D eigenvalue weighted by Gasteiger charge is 2.30. The summed E-state index contributed by atoms with van der Waals surface area (Å²) in [6.07, 6.45) is 0. The van der Waals surface area contributed by atoms with Crippen molar-refractivity contribution in [1.82, 2.24) is 10.6 Å². The first-order valence-corrected chi connectivity index (χ1v) is 7.74. The van der Waals surface area contributed by atoms with E-state index >= 15 is 0 Å². The monoisotopic (exact) mass is 418 g/mol. The molecule has 0 aromatic heterocycles. The summed E-state index contributed by atoms with van der Waals surface area (Å²) >= 11 is 12.1. The molecule has 0 aliphatic carbocycles. The molecule has 20 heavy (non-hydrogen) atoms. The molecule has 0 unspecified atom stereocenters. The van der Waals surface area contributed by atoms with Crippen LogP contribution in [0.4, 0.5) is 0 Å². The van der Waals surface area contributed by atoms with E-state index in [0.717, 1.165) is 14.5 Å². The van der Waals surface area contributed by atoms with E-state index in [1.165, 1.54) is 7.11 Å². The summed E-state index contributed by atoms with van der Waals surface area (Å²) in [4.78, 5) is 12.0. The summed E-state index contributed by atoms with van der Waals surface area (Å²) in [5.41, 5.74) is 2.13. The Morgan fingerprint density at radius 1 is 1.30 bits per heavy atom. The van der Waals surface area contributed by atoms with E-state index in [-0.39, 0.29) is 12.0 Å². The van der Waals surface area contributed by atoms with Crippen molar-refractivity contribution in [3.05, 3.63) is 44.0 Å². The zero-order valence-electron chi connectivity index (χ0n) is 10.8. The Bertz CT molecular complexity index is 596. The van der Waals surface area contributed by atoms with E-state index in [1.807, 2.05) is 18.2 Å². The van der Waals surface area contributed by atoms with Crippen LogP contribution in [-0.4, -0.2) is 18.2 Å². The van der Waals surface area contributed by atoms with E-state index in [0.29, 0.717) is 16.4 Å². The molecule has 0 bridgehead atoms. The van der Waals surface area contributed by atoms with Crippen LogP contribution in [0.3, 0.4) is 0 Å². The first-order valence-electron chi connectivity index (χ1n) is 5.75. The molecule has 0 saturated carbocycles. The molecule has 1 aromatic carbocycles. The van der Waals surface area contributed by atoms with Crippen LogP contribution in [0, 0.1) is 0 Å². The van der Waals surface area contributed by atoms with Gasteiger partial charge in [0.15, 0.2) is 5.11 Å². The maximum absolute atomic E-state index is 12.0. The molecule has 0 fully saturated rings. The Labute approximate surface area is 139 Å². The molecule has 2 N–H and O–H groups in total. The van der Waals surface area contributed by atoms with Crippen molar-refractivity contribution in [2.24, 2.45) is 0 Å². The molecule has 4 nitrogen and oxygen atoms in total. The van der Waals surface area contributed by atoms with Gasteiger partial charge in [-0.25, -0.2) is 4.79 Å². The molecular weight excluding hydrogens is 408 g/mol. The number of nitrogens with one attached hydrogen (secondary N) is 2. The number of carbonyl (C=O) groups is 1. The minimum absolute atomic E-state index is 0.343. The molecule has 1 aliphatic heterocycles. The lowest BCUT2D eigenvalue weighted by Gasteiger charge is -2.29. The number of carbonyl (C=O) groups excluding carboxylic acids is 1. The van der Waals surface area contributed by atoms with Gasteiger partial charge in [-0.1, -0.05) is 31.9 Å². The average Bonchev–Trinajstić information content (AvgIpc) is 2.35. The number of hydrogen-bond donors (Lipinski definition) is 2. The van der Waals surface area contributed by atoms with Crippen LogP contribution in [0.15, 0.2) is 38.4 Å². The van der Waals surface area contributed by atoms with E-state index < -0.39 is 0 Å². The first kappa shape index (κ1) is 15.5. The van der Waals surface area contributed by atoms with Crippen LogP contribution in [0.1, 0.15) is 18.5 Å². The molecule has 0 radical (unpaired) electrons. The van der Waals surface area contributed by atoms with Gasteiger partial charge >= 0.3 is 5.97 Å². The van der Waals surface area contributed by atoms with Crippen LogP contribution < -0.4 is 10.6 Å². The summed E-state index contributed by atoms with van der Waals surface area (Å²) in [7, 11) is 1.36. The van der Waals surface area contributed by atoms with Gasteiger partial charge in [0.05, 0.1) is 18.7 Å². The fourth-order valence-corrected chi connectivity index (χ4v) is 3.67. The lowest BCUT2D eigenvalue weighted by atomic mass is 9.96. The number of ether oxygens (including phenoxy) is 1. The predicted octanol–water partition coefficient (Wildman–Crippen LogP) is 3.18. The number of benzene rings is 1. The van der Waals surface area contributed by atoms with Gasteiger partial charge in [0.1, 0.15) is 0 Å².